The van der Waals surface area contributed by atoms with Crippen molar-refractivity contribution in [3.05, 3.63) is 59.7 Å². The summed E-state index contributed by atoms with van der Waals surface area (Å²) in [6, 6.07) is 10.7. The summed E-state index contributed by atoms with van der Waals surface area (Å²) in [7, 11) is 0.595. The molecule has 5 heterocycles. The van der Waals surface area contributed by atoms with Crippen LogP contribution >= 0.6 is 11.3 Å². The van der Waals surface area contributed by atoms with Crippen molar-refractivity contribution < 1.29 is 14.3 Å². The molecule has 1 aliphatic rings. The van der Waals surface area contributed by atoms with Crippen molar-refractivity contribution in [1.82, 2.24) is 34.9 Å². The Bertz CT molecular complexity index is 2000. The second kappa shape index (κ2) is 15.4. The molecule has 0 spiro atoms. The fourth-order valence-corrected chi connectivity index (χ4v) is 7.95. The molecule has 0 radical (unpaired) electrons. The number of fused-ring (bicyclic) bond motifs is 1. The summed E-state index contributed by atoms with van der Waals surface area (Å²) in [6.07, 6.45) is 8.63. The van der Waals surface area contributed by atoms with Crippen LogP contribution in [-0.4, -0.2) is 75.0 Å². The molecule has 5 aromatic heterocycles. The van der Waals surface area contributed by atoms with Gasteiger partial charge in [0.25, 0.3) is 0 Å². The van der Waals surface area contributed by atoms with Gasteiger partial charge in [0.05, 0.1) is 6.20 Å². The normalized spacial score (nSPS) is 13.9. The lowest BCUT2D eigenvalue weighted by molar-refractivity contribution is 0.00639. The zero-order valence-electron chi connectivity index (χ0n) is 31.9. The Kier molecular flexibility index (Phi) is 11.1. The zero-order valence-corrected chi connectivity index (χ0v) is 33.8. The van der Waals surface area contributed by atoms with Crippen LogP contribution in [0, 0.1) is 19.8 Å². The first-order chi connectivity index (χ1) is 24.7. The highest BCUT2D eigenvalue weighted by atomic mass is 32.1. The number of ether oxygens (including phenoxy) is 2. The maximum absolute atomic E-state index is 13.7. The molecule has 0 bridgehead atoms. The van der Waals surface area contributed by atoms with Gasteiger partial charge in [-0.1, -0.05) is 43.8 Å². The summed E-state index contributed by atoms with van der Waals surface area (Å²) in [5.74, 6) is 1.89. The Labute approximate surface area is 311 Å². The molecule has 12 nitrogen and oxygen atoms in total. The van der Waals surface area contributed by atoms with Crippen molar-refractivity contribution in [2.45, 2.75) is 98.1 Å². The maximum Gasteiger partial charge on any atom is 0.358 e. The number of rotatable bonds is 13. The van der Waals surface area contributed by atoms with Gasteiger partial charge in [-0.25, -0.2) is 19.7 Å². The second-order valence-electron chi connectivity index (χ2n) is 15.9. The summed E-state index contributed by atoms with van der Waals surface area (Å²) < 4.78 is 14.1. The molecule has 0 N–H and O–H groups in total. The van der Waals surface area contributed by atoms with E-state index in [9.17, 15) is 4.79 Å². The summed E-state index contributed by atoms with van der Waals surface area (Å²) in [5.41, 5.74) is 3.81. The minimum atomic E-state index is -1.27. The minimum Gasteiger partial charge on any atom is -0.455 e. The van der Waals surface area contributed by atoms with E-state index in [0.717, 1.165) is 44.9 Å². The molecule has 0 atom stereocenters. The number of nitrogens with zero attached hydrogens (tertiary/aromatic N) is 9. The average Bonchev–Trinajstić information content (AvgIpc) is 3.84. The number of pyridine rings is 2. The molecule has 0 saturated heterocycles. The number of hydrogen-bond donors (Lipinski definition) is 0. The molecule has 0 unspecified atom stereocenters. The van der Waals surface area contributed by atoms with Crippen molar-refractivity contribution >= 4 is 58.3 Å². The van der Waals surface area contributed by atoms with Gasteiger partial charge in [0.2, 0.25) is 0 Å². The van der Waals surface area contributed by atoms with Gasteiger partial charge < -0.3 is 14.4 Å². The third kappa shape index (κ3) is 8.84. The molecule has 0 amide bonds. The van der Waals surface area contributed by atoms with Gasteiger partial charge in [-0.3, -0.25) is 9.58 Å². The monoisotopic (exact) mass is 741 g/mol. The van der Waals surface area contributed by atoms with Crippen molar-refractivity contribution in [2.24, 2.45) is 5.92 Å². The van der Waals surface area contributed by atoms with E-state index in [-0.39, 0.29) is 12.4 Å². The Morgan fingerprint density at radius 2 is 1.81 bits per heavy atom. The van der Waals surface area contributed by atoms with Crippen LogP contribution in [0.15, 0.2) is 42.7 Å². The van der Waals surface area contributed by atoms with E-state index < -0.39 is 19.6 Å². The first-order valence-corrected chi connectivity index (χ1v) is 22.6. The van der Waals surface area contributed by atoms with Gasteiger partial charge in [0, 0.05) is 51.3 Å². The van der Waals surface area contributed by atoms with E-state index in [4.69, 9.17) is 29.6 Å². The molecule has 5 aromatic rings. The fourth-order valence-electron chi connectivity index (χ4n) is 6.30. The molecule has 14 heteroatoms. The fraction of sp³-hybridized carbons (Fsp3) is 0.500. The number of anilines is 4. The Morgan fingerprint density at radius 1 is 1.04 bits per heavy atom. The van der Waals surface area contributed by atoms with Gasteiger partial charge in [0.1, 0.15) is 28.5 Å². The number of esters is 1. The maximum atomic E-state index is 13.7. The Morgan fingerprint density at radius 3 is 2.50 bits per heavy atom. The summed E-state index contributed by atoms with van der Waals surface area (Å²) in [5, 5.41) is 14.8. The van der Waals surface area contributed by atoms with Crippen molar-refractivity contribution in [3.63, 3.8) is 0 Å². The van der Waals surface area contributed by atoms with Crippen LogP contribution in [-0.2, 0) is 16.0 Å². The van der Waals surface area contributed by atoms with Crippen molar-refractivity contribution in [1.29, 1.82) is 0 Å². The van der Waals surface area contributed by atoms with Gasteiger partial charge >= 0.3 is 5.97 Å². The van der Waals surface area contributed by atoms with Crippen LogP contribution in [0.1, 0.15) is 68.2 Å². The lowest BCUT2D eigenvalue weighted by atomic mass is 10.0. The molecule has 0 aromatic carbocycles. The molecule has 1 fully saturated rings. The van der Waals surface area contributed by atoms with E-state index in [1.807, 2.05) is 81.1 Å². The Balaban J connectivity index is 1.30. The topological polar surface area (TPSA) is 124 Å². The van der Waals surface area contributed by atoms with Gasteiger partial charge in [-0.2, -0.15) is 5.10 Å². The van der Waals surface area contributed by atoms with Crippen LogP contribution < -0.4 is 9.80 Å². The Hall–Kier alpha value is -4.27. The van der Waals surface area contributed by atoms with E-state index in [1.54, 1.807) is 6.20 Å². The molecule has 276 valence electrons. The molecular formula is C38H51N9O3SSi. The standard InChI is InChI=1S/C38H51N9O3SSi/c1-25-21-32(43-44-34(25)46(24-49-19-20-52(7,8)9)37-41-30-15-12-18-39-35(30)51-37)45(6)31-17-16-28(33(42-31)36(48)50-38(3,4)5)29-22-40-47(26(29)2)23-27-13-10-11-14-27/h12,15-18,21-22,27H,10-11,13-14,19-20,23-24H2,1-9H3. The zero-order chi connectivity index (χ0) is 37.2. The number of aryl methyl sites for hydroxylation is 1. The SMILES string of the molecule is Cc1cc(N(C)c2ccc(-c3cnn(CC4CCCC4)c3C)c(C(=O)OC(C)(C)C)n2)nnc1N(COCC[Si](C)(C)C)c1nc2cccnc2s1. The number of hydrogen-bond acceptors (Lipinski definition) is 12. The van der Waals surface area contributed by atoms with Crippen LogP contribution in [0.25, 0.3) is 21.5 Å². The third-order valence-electron chi connectivity index (χ3n) is 9.26. The highest BCUT2D eigenvalue weighted by Gasteiger charge is 2.27. The quantitative estimate of drug-likeness (QED) is 0.0498. The van der Waals surface area contributed by atoms with E-state index in [2.05, 4.69) is 41.3 Å². The van der Waals surface area contributed by atoms with E-state index in [0.29, 0.717) is 35.5 Å². The molecule has 1 aliphatic carbocycles. The van der Waals surface area contributed by atoms with Crippen LogP contribution in [0.4, 0.5) is 22.6 Å². The molecule has 1 saturated carbocycles. The summed E-state index contributed by atoms with van der Waals surface area (Å²) in [6.45, 7) is 18.5. The first-order valence-electron chi connectivity index (χ1n) is 18.1. The third-order valence-corrected chi connectivity index (χ3v) is 12.0. The summed E-state index contributed by atoms with van der Waals surface area (Å²) >= 11 is 1.49. The largest absolute Gasteiger partial charge is 0.455 e. The highest BCUT2D eigenvalue weighted by molar-refractivity contribution is 7.21. The average molecular weight is 742 g/mol. The number of thiazole rings is 1. The molecule has 0 aliphatic heterocycles. The van der Waals surface area contributed by atoms with Crippen LogP contribution in [0.3, 0.4) is 0 Å². The predicted octanol–water partition coefficient (Wildman–Crippen LogP) is 8.72. The molecular weight excluding hydrogens is 691 g/mol. The lowest BCUT2D eigenvalue weighted by Gasteiger charge is -2.25. The number of aromatic nitrogens is 7. The van der Waals surface area contributed by atoms with E-state index in [1.165, 1.54) is 37.0 Å². The number of carbonyl (C=O) groups is 1. The first kappa shape index (κ1) is 37.5. The minimum absolute atomic E-state index is 0.232. The van der Waals surface area contributed by atoms with Crippen molar-refractivity contribution in [3.8, 4) is 11.1 Å². The molecule has 6 rings (SSSR count). The van der Waals surface area contributed by atoms with Gasteiger partial charge in [-0.15, -0.1) is 10.2 Å². The van der Waals surface area contributed by atoms with Crippen LogP contribution in [0.5, 0.6) is 0 Å². The van der Waals surface area contributed by atoms with Crippen molar-refractivity contribution in [2.75, 3.05) is 30.2 Å². The lowest BCUT2D eigenvalue weighted by Crippen LogP contribution is -2.27. The number of carbonyl (C=O) groups excluding carboxylic acids is 1. The highest BCUT2D eigenvalue weighted by Crippen LogP contribution is 2.36. The van der Waals surface area contributed by atoms with Crippen LogP contribution in [0.2, 0.25) is 25.7 Å². The predicted molar refractivity (Wildman–Crippen MR) is 211 cm³/mol. The van der Waals surface area contributed by atoms with Gasteiger partial charge in [0.15, 0.2) is 22.5 Å². The summed E-state index contributed by atoms with van der Waals surface area (Å²) in [4.78, 5) is 32.6. The van der Waals surface area contributed by atoms with E-state index >= 15 is 0 Å². The smallest absolute Gasteiger partial charge is 0.358 e. The van der Waals surface area contributed by atoms with Gasteiger partial charge in [-0.05, 0) is 95.3 Å². The molecule has 52 heavy (non-hydrogen) atoms. The second-order valence-corrected chi connectivity index (χ2v) is 22.5.